The third-order valence-electron chi connectivity index (χ3n) is 5.25. The molecule has 5 heteroatoms. The Morgan fingerprint density at radius 1 is 1.27 bits per heavy atom. The van der Waals surface area contributed by atoms with Gasteiger partial charge < -0.3 is 5.32 Å². The Morgan fingerprint density at radius 3 is 2.64 bits per heavy atom. The average molecular weight is 311 g/mol. The van der Waals surface area contributed by atoms with Crippen LogP contribution in [0, 0.1) is 17.8 Å². The van der Waals surface area contributed by atoms with Crippen LogP contribution in [0.15, 0.2) is 24.3 Å². The van der Waals surface area contributed by atoms with Crippen molar-refractivity contribution in [1.29, 1.82) is 0 Å². The van der Waals surface area contributed by atoms with Crippen LogP contribution in [0.3, 0.4) is 0 Å². The SMILES string of the molecule is C[C@H](NC(=O)c1cccc(C(F)(F)F)c1)[C@H]1C[C@@H]2CC[C@H]1C2. The van der Waals surface area contributed by atoms with Gasteiger partial charge in [-0.3, -0.25) is 4.79 Å². The van der Waals surface area contributed by atoms with Gasteiger partial charge in [0.2, 0.25) is 0 Å². The van der Waals surface area contributed by atoms with Crippen molar-refractivity contribution in [3.63, 3.8) is 0 Å². The highest BCUT2D eigenvalue weighted by Crippen LogP contribution is 2.49. The van der Waals surface area contributed by atoms with Crippen molar-refractivity contribution < 1.29 is 18.0 Å². The molecule has 1 N–H and O–H groups in total. The fourth-order valence-electron chi connectivity index (χ4n) is 4.14. The zero-order chi connectivity index (χ0) is 15.9. The fourth-order valence-corrected chi connectivity index (χ4v) is 4.14. The van der Waals surface area contributed by atoms with Crippen LogP contribution in [-0.4, -0.2) is 11.9 Å². The highest BCUT2D eigenvalue weighted by molar-refractivity contribution is 5.94. The van der Waals surface area contributed by atoms with Gasteiger partial charge in [-0.15, -0.1) is 0 Å². The zero-order valence-corrected chi connectivity index (χ0v) is 12.5. The Balaban J connectivity index is 1.67. The molecule has 1 aromatic rings. The summed E-state index contributed by atoms with van der Waals surface area (Å²) < 4.78 is 38.1. The van der Waals surface area contributed by atoms with Gasteiger partial charge in [-0.05, 0) is 62.1 Å². The standard InChI is InChI=1S/C17H20F3NO/c1-10(15-8-11-5-6-12(15)7-11)21-16(22)13-3-2-4-14(9-13)17(18,19)20/h2-4,9-12,15H,5-8H2,1H3,(H,21,22)/t10-,11+,12-,15+/m0/s1. The molecule has 3 rings (SSSR count). The van der Waals surface area contributed by atoms with Gasteiger partial charge in [0.1, 0.15) is 0 Å². The minimum atomic E-state index is -4.42. The van der Waals surface area contributed by atoms with Gasteiger partial charge in [0.15, 0.2) is 0 Å². The van der Waals surface area contributed by atoms with Crippen molar-refractivity contribution in [2.45, 2.75) is 44.8 Å². The maximum Gasteiger partial charge on any atom is 0.416 e. The summed E-state index contributed by atoms with van der Waals surface area (Å²) in [6.45, 7) is 1.97. The van der Waals surface area contributed by atoms with Crippen LogP contribution in [0.2, 0.25) is 0 Å². The zero-order valence-electron chi connectivity index (χ0n) is 12.5. The number of rotatable bonds is 3. The lowest BCUT2D eigenvalue weighted by Crippen LogP contribution is -2.40. The second-order valence-corrected chi connectivity index (χ2v) is 6.68. The van der Waals surface area contributed by atoms with E-state index in [0.29, 0.717) is 11.8 Å². The largest absolute Gasteiger partial charge is 0.416 e. The molecule has 2 aliphatic rings. The molecule has 0 unspecified atom stereocenters. The summed E-state index contributed by atoms with van der Waals surface area (Å²) in [5, 5.41) is 2.90. The summed E-state index contributed by atoms with van der Waals surface area (Å²) in [6, 6.07) is 4.62. The number of benzene rings is 1. The molecule has 0 radical (unpaired) electrons. The van der Waals surface area contributed by atoms with E-state index in [0.717, 1.165) is 24.5 Å². The molecular formula is C17H20F3NO. The van der Waals surface area contributed by atoms with E-state index in [1.807, 2.05) is 6.92 Å². The van der Waals surface area contributed by atoms with Crippen molar-refractivity contribution in [1.82, 2.24) is 5.32 Å². The maximum atomic E-state index is 12.7. The van der Waals surface area contributed by atoms with Gasteiger partial charge in [0, 0.05) is 11.6 Å². The number of carbonyl (C=O) groups is 1. The third kappa shape index (κ3) is 2.99. The Morgan fingerprint density at radius 2 is 2.05 bits per heavy atom. The Hall–Kier alpha value is -1.52. The van der Waals surface area contributed by atoms with E-state index in [-0.39, 0.29) is 11.6 Å². The first-order chi connectivity index (χ1) is 10.3. The summed E-state index contributed by atoms with van der Waals surface area (Å²) in [4.78, 5) is 12.2. The van der Waals surface area contributed by atoms with Crippen LogP contribution in [0.25, 0.3) is 0 Å². The van der Waals surface area contributed by atoms with E-state index in [2.05, 4.69) is 5.32 Å². The van der Waals surface area contributed by atoms with E-state index < -0.39 is 17.6 Å². The first-order valence-corrected chi connectivity index (χ1v) is 7.82. The average Bonchev–Trinajstić information content (AvgIpc) is 3.09. The summed E-state index contributed by atoms with van der Waals surface area (Å²) in [6.07, 6.45) is 0.463. The lowest BCUT2D eigenvalue weighted by Gasteiger charge is -2.28. The fraction of sp³-hybridized carbons (Fsp3) is 0.588. The minimum Gasteiger partial charge on any atom is -0.349 e. The van der Waals surface area contributed by atoms with Crippen LogP contribution < -0.4 is 5.32 Å². The molecule has 2 nitrogen and oxygen atoms in total. The molecule has 120 valence electrons. The van der Waals surface area contributed by atoms with Crippen molar-refractivity contribution in [2.24, 2.45) is 17.8 Å². The topological polar surface area (TPSA) is 29.1 Å². The quantitative estimate of drug-likeness (QED) is 0.888. The summed E-state index contributed by atoms with van der Waals surface area (Å²) >= 11 is 0. The summed E-state index contributed by atoms with van der Waals surface area (Å²) in [5.74, 6) is 1.50. The highest BCUT2D eigenvalue weighted by Gasteiger charge is 2.42. The lowest BCUT2D eigenvalue weighted by atomic mass is 9.84. The number of hydrogen-bond acceptors (Lipinski definition) is 1. The first kappa shape index (κ1) is 15.4. The predicted molar refractivity (Wildman–Crippen MR) is 77.3 cm³/mol. The van der Waals surface area contributed by atoms with E-state index in [4.69, 9.17) is 0 Å². The molecule has 0 heterocycles. The number of halogens is 3. The molecular weight excluding hydrogens is 291 g/mol. The molecule has 0 saturated heterocycles. The Bertz CT molecular complexity index is 569. The van der Waals surface area contributed by atoms with Crippen LogP contribution in [0.4, 0.5) is 13.2 Å². The predicted octanol–water partition coefficient (Wildman–Crippen LogP) is 4.26. The number of hydrogen-bond donors (Lipinski definition) is 1. The van der Waals surface area contributed by atoms with Gasteiger partial charge in [-0.2, -0.15) is 13.2 Å². The van der Waals surface area contributed by atoms with E-state index in [1.54, 1.807) is 0 Å². The van der Waals surface area contributed by atoms with Crippen molar-refractivity contribution in [2.75, 3.05) is 0 Å². The number of fused-ring (bicyclic) bond motifs is 2. The normalized spacial score (nSPS) is 28.6. The molecule has 22 heavy (non-hydrogen) atoms. The van der Waals surface area contributed by atoms with Gasteiger partial charge in [-0.1, -0.05) is 12.5 Å². The van der Waals surface area contributed by atoms with Crippen LogP contribution >= 0.6 is 0 Å². The molecule has 2 saturated carbocycles. The van der Waals surface area contributed by atoms with Crippen LogP contribution in [0.5, 0.6) is 0 Å². The third-order valence-corrected chi connectivity index (χ3v) is 5.25. The van der Waals surface area contributed by atoms with Crippen molar-refractivity contribution in [3.05, 3.63) is 35.4 Å². The number of nitrogens with one attached hydrogen (secondary N) is 1. The highest BCUT2D eigenvalue weighted by atomic mass is 19.4. The maximum absolute atomic E-state index is 12.7. The molecule has 2 fully saturated rings. The number of alkyl halides is 3. The first-order valence-electron chi connectivity index (χ1n) is 7.82. The van der Waals surface area contributed by atoms with E-state index in [1.165, 1.54) is 31.4 Å². The molecule has 1 amide bonds. The second-order valence-electron chi connectivity index (χ2n) is 6.68. The second kappa shape index (κ2) is 5.60. The Kier molecular flexibility index (Phi) is 3.91. The van der Waals surface area contributed by atoms with Crippen molar-refractivity contribution >= 4 is 5.91 Å². The molecule has 0 aromatic heterocycles. The molecule has 0 spiro atoms. The number of carbonyl (C=O) groups excluding carboxylic acids is 1. The van der Waals surface area contributed by atoms with Gasteiger partial charge in [0.25, 0.3) is 5.91 Å². The molecule has 1 aromatic carbocycles. The van der Waals surface area contributed by atoms with Gasteiger partial charge in [0.05, 0.1) is 5.56 Å². The van der Waals surface area contributed by atoms with Gasteiger partial charge in [-0.25, -0.2) is 0 Å². The van der Waals surface area contributed by atoms with Gasteiger partial charge >= 0.3 is 6.18 Å². The molecule has 0 aliphatic heterocycles. The monoisotopic (exact) mass is 311 g/mol. The molecule has 4 atom stereocenters. The van der Waals surface area contributed by atoms with E-state index >= 15 is 0 Å². The number of amides is 1. The summed E-state index contributed by atoms with van der Waals surface area (Å²) in [7, 11) is 0. The smallest absolute Gasteiger partial charge is 0.349 e. The van der Waals surface area contributed by atoms with Crippen molar-refractivity contribution in [3.8, 4) is 0 Å². The minimum absolute atomic E-state index is 0.0114. The van der Waals surface area contributed by atoms with E-state index in [9.17, 15) is 18.0 Å². The summed E-state index contributed by atoms with van der Waals surface area (Å²) in [5.41, 5.74) is -0.711. The van der Waals surface area contributed by atoms with Crippen LogP contribution in [0.1, 0.15) is 48.5 Å². The van der Waals surface area contributed by atoms with Crippen LogP contribution in [-0.2, 0) is 6.18 Å². The molecule has 2 aliphatic carbocycles. The Labute approximate surface area is 128 Å². The molecule has 2 bridgehead atoms. The lowest BCUT2D eigenvalue weighted by molar-refractivity contribution is -0.137.